The molecule has 0 fully saturated rings. The minimum atomic E-state index is -0.667. The molecule has 0 rings (SSSR count). The molecule has 0 saturated carbocycles. The fraction of sp³-hybridized carbons (Fsp3) is 0.913. The highest BCUT2D eigenvalue weighted by Gasteiger charge is 2.20. The molecule has 0 radical (unpaired) electrons. The van der Waals surface area contributed by atoms with E-state index in [9.17, 15) is 19.8 Å². The van der Waals surface area contributed by atoms with Crippen molar-refractivity contribution in [3.8, 4) is 0 Å². The van der Waals surface area contributed by atoms with Crippen molar-refractivity contribution in [2.45, 2.75) is 392 Å². The first-order chi connectivity index (χ1) is 37.0. The topological polar surface area (TPSA) is 95.9 Å². The third-order valence-electron chi connectivity index (χ3n) is 16.0. The highest BCUT2D eigenvalue weighted by molar-refractivity contribution is 5.76. The first kappa shape index (κ1) is 73.3. The van der Waals surface area contributed by atoms with Gasteiger partial charge in [0, 0.05) is 12.8 Å². The number of carbonyl (C=O) groups is 2. The van der Waals surface area contributed by atoms with Crippen LogP contribution in [0.15, 0.2) is 24.3 Å². The molecule has 0 spiro atoms. The van der Waals surface area contributed by atoms with Gasteiger partial charge >= 0.3 is 5.97 Å². The molecule has 1 amide bonds. The third-order valence-corrected chi connectivity index (χ3v) is 16.0. The molecule has 2 unspecified atom stereocenters. The summed E-state index contributed by atoms with van der Waals surface area (Å²) in [6.45, 7) is 4.98. The summed E-state index contributed by atoms with van der Waals surface area (Å²) >= 11 is 0. The van der Waals surface area contributed by atoms with Gasteiger partial charge in [0.15, 0.2) is 0 Å². The number of hydrogen-bond acceptors (Lipinski definition) is 5. The minimum Gasteiger partial charge on any atom is -0.466 e. The Labute approximate surface area is 469 Å². The standard InChI is InChI=1S/C69H133NO5/c1-3-5-7-9-11-13-15-17-18-19-31-34-38-41-45-49-53-57-61-67(72)66(65-71)70-68(73)62-58-54-50-46-42-39-35-32-29-27-25-23-21-20-22-24-26-28-30-33-36-40-44-48-52-56-60-64-75-69(74)63-59-55-51-47-43-37-16-14-12-10-8-6-4-2/h20-21,24,26,66-67,71-72H,3-19,22-23,25,27-65H2,1-2H3,(H,70,73)/b21-20-,26-24-. The number of amides is 1. The number of hydrogen-bond donors (Lipinski definition) is 3. The van der Waals surface area contributed by atoms with Crippen molar-refractivity contribution in [1.29, 1.82) is 0 Å². The van der Waals surface area contributed by atoms with Gasteiger partial charge in [-0.1, -0.05) is 334 Å². The summed E-state index contributed by atoms with van der Waals surface area (Å²) in [6.07, 6.45) is 80.7. The van der Waals surface area contributed by atoms with Crippen molar-refractivity contribution >= 4 is 11.9 Å². The lowest BCUT2D eigenvalue weighted by Crippen LogP contribution is -2.45. The molecule has 0 bridgehead atoms. The first-order valence-electron chi connectivity index (χ1n) is 34.1. The van der Waals surface area contributed by atoms with Gasteiger partial charge in [0.05, 0.1) is 25.4 Å². The predicted molar refractivity (Wildman–Crippen MR) is 329 cm³/mol. The number of ether oxygens (including phenoxy) is 1. The van der Waals surface area contributed by atoms with E-state index in [1.807, 2.05) is 0 Å². The van der Waals surface area contributed by atoms with Gasteiger partial charge in [-0.05, 0) is 57.8 Å². The van der Waals surface area contributed by atoms with Crippen LogP contribution in [0.25, 0.3) is 0 Å². The Hall–Kier alpha value is -1.66. The lowest BCUT2D eigenvalue weighted by molar-refractivity contribution is -0.143. The third kappa shape index (κ3) is 61.4. The SMILES string of the molecule is CCCCCCCCCCCCCCCCCCCCC(O)C(CO)NC(=O)CCCCCCCCCCCCC/C=C\C/C=C\CCCCCCCCCCCOC(=O)CCCCCCCCCCCCCCC. The Balaban J connectivity index is 3.41. The maximum Gasteiger partial charge on any atom is 0.305 e. The van der Waals surface area contributed by atoms with Crippen molar-refractivity contribution in [3.05, 3.63) is 24.3 Å². The summed E-state index contributed by atoms with van der Waals surface area (Å²) in [6, 6.07) is -0.544. The van der Waals surface area contributed by atoms with Gasteiger partial charge in [-0.2, -0.15) is 0 Å². The molecule has 2 atom stereocenters. The van der Waals surface area contributed by atoms with Crippen LogP contribution >= 0.6 is 0 Å². The van der Waals surface area contributed by atoms with Crippen LogP contribution in [-0.2, 0) is 14.3 Å². The fourth-order valence-electron chi connectivity index (χ4n) is 10.8. The lowest BCUT2D eigenvalue weighted by Gasteiger charge is -2.22. The molecule has 3 N–H and O–H groups in total. The molecule has 6 nitrogen and oxygen atoms in total. The first-order valence-corrected chi connectivity index (χ1v) is 34.1. The van der Waals surface area contributed by atoms with E-state index in [4.69, 9.17) is 4.74 Å². The van der Waals surface area contributed by atoms with Crippen LogP contribution in [0.1, 0.15) is 380 Å². The summed E-state index contributed by atoms with van der Waals surface area (Å²) in [5.41, 5.74) is 0. The zero-order valence-electron chi connectivity index (χ0n) is 50.8. The van der Waals surface area contributed by atoms with E-state index in [0.29, 0.717) is 25.9 Å². The summed E-state index contributed by atoms with van der Waals surface area (Å²) < 4.78 is 5.48. The Kier molecular flexibility index (Phi) is 63.4. The zero-order chi connectivity index (χ0) is 54.3. The van der Waals surface area contributed by atoms with E-state index < -0.39 is 12.1 Å². The largest absolute Gasteiger partial charge is 0.466 e. The molecule has 0 aliphatic rings. The van der Waals surface area contributed by atoms with E-state index in [-0.39, 0.29) is 18.5 Å². The van der Waals surface area contributed by atoms with E-state index in [2.05, 4.69) is 43.5 Å². The highest BCUT2D eigenvalue weighted by atomic mass is 16.5. The number of unbranched alkanes of at least 4 members (excludes halogenated alkanes) is 49. The van der Waals surface area contributed by atoms with Crippen molar-refractivity contribution < 1.29 is 24.5 Å². The van der Waals surface area contributed by atoms with E-state index in [1.165, 1.54) is 302 Å². The summed E-state index contributed by atoms with van der Waals surface area (Å²) in [5.74, 6) is -0.0219. The van der Waals surface area contributed by atoms with Crippen LogP contribution in [0.2, 0.25) is 0 Å². The minimum absolute atomic E-state index is 0.0128. The van der Waals surface area contributed by atoms with Gasteiger partial charge in [0.1, 0.15) is 0 Å². The number of carbonyl (C=O) groups excluding carboxylic acids is 2. The monoisotopic (exact) mass is 1060 g/mol. The number of allylic oxidation sites excluding steroid dienone is 4. The summed E-state index contributed by atoms with van der Waals surface area (Å²) in [5, 5.41) is 23.4. The van der Waals surface area contributed by atoms with Crippen LogP contribution < -0.4 is 5.32 Å². The van der Waals surface area contributed by atoms with E-state index in [1.54, 1.807) is 0 Å². The Morgan fingerprint density at radius 1 is 0.373 bits per heavy atom. The molecule has 0 aliphatic carbocycles. The molecular formula is C69H133NO5. The second-order valence-electron chi connectivity index (χ2n) is 23.5. The summed E-state index contributed by atoms with van der Waals surface area (Å²) in [4.78, 5) is 24.6. The van der Waals surface area contributed by atoms with Crippen molar-refractivity contribution in [2.24, 2.45) is 0 Å². The fourth-order valence-corrected chi connectivity index (χ4v) is 10.8. The van der Waals surface area contributed by atoms with Gasteiger partial charge in [-0.3, -0.25) is 9.59 Å². The second kappa shape index (κ2) is 64.9. The van der Waals surface area contributed by atoms with E-state index >= 15 is 0 Å². The molecule has 444 valence electrons. The molecule has 6 heteroatoms. The average molecular weight is 1060 g/mol. The van der Waals surface area contributed by atoms with Gasteiger partial charge in [0.2, 0.25) is 5.91 Å². The quantitative estimate of drug-likeness (QED) is 0.0320. The lowest BCUT2D eigenvalue weighted by atomic mass is 10.0. The number of nitrogens with one attached hydrogen (secondary N) is 1. The molecule has 0 aromatic heterocycles. The Morgan fingerprint density at radius 3 is 1.01 bits per heavy atom. The van der Waals surface area contributed by atoms with Gasteiger partial charge < -0.3 is 20.3 Å². The van der Waals surface area contributed by atoms with E-state index in [0.717, 1.165) is 44.9 Å². The van der Waals surface area contributed by atoms with Gasteiger partial charge in [-0.15, -0.1) is 0 Å². The van der Waals surface area contributed by atoms with Crippen LogP contribution in [0.5, 0.6) is 0 Å². The maximum absolute atomic E-state index is 12.5. The Bertz CT molecular complexity index is 1170. The molecule has 0 aliphatic heterocycles. The number of esters is 1. The zero-order valence-corrected chi connectivity index (χ0v) is 50.8. The summed E-state index contributed by atoms with van der Waals surface area (Å²) in [7, 11) is 0. The maximum atomic E-state index is 12.5. The molecule has 75 heavy (non-hydrogen) atoms. The molecule has 0 aromatic carbocycles. The molecule has 0 aromatic rings. The molecule has 0 saturated heterocycles. The smallest absolute Gasteiger partial charge is 0.305 e. The van der Waals surface area contributed by atoms with Crippen LogP contribution in [0.3, 0.4) is 0 Å². The average Bonchev–Trinajstić information content (AvgIpc) is 3.41. The normalized spacial score (nSPS) is 12.6. The molecular weight excluding hydrogens is 923 g/mol. The number of aliphatic hydroxyl groups is 2. The van der Waals surface area contributed by atoms with Crippen molar-refractivity contribution in [1.82, 2.24) is 5.32 Å². The van der Waals surface area contributed by atoms with Crippen LogP contribution in [0.4, 0.5) is 0 Å². The Morgan fingerprint density at radius 2 is 0.667 bits per heavy atom. The second-order valence-corrected chi connectivity index (χ2v) is 23.5. The van der Waals surface area contributed by atoms with Crippen molar-refractivity contribution in [2.75, 3.05) is 13.2 Å². The van der Waals surface area contributed by atoms with Crippen LogP contribution in [-0.4, -0.2) is 47.4 Å². The molecule has 0 heterocycles. The number of rotatable bonds is 64. The highest BCUT2D eigenvalue weighted by Crippen LogP contribution is 2.18. The van der Waals surface area contributed by atoms with Crippen LogP contribution in [0, 0.1) is 0 Å². The predicted octanol–water partition coefficient (Wildman–Crippen LogP) is 21.8. The van der Waals surface area contributed by atoms with Gasteiger partial charge in [0.25, 0.3) is 0 Å². The number of aliphatic hydroxyl groups excluding tert-OH is 2. The van der Waals surface area contributed by atoms with Crippen molar-refractivity contribution in [3.63, 3.8) is 0 Å². The van der Waals surface area contributed by atoms with Gasteiger partial charge in [-0.25, -0.2) is 0 Å².